The first-order valence-corrected chi connectivity index (χ1v) is 10.0. The molecule has 2 aromatic carbocycles. The predicted octanol–water partition coefficient (Wildman–Crippen LogP) is 3.90. The van der Waals surface area contributed by atoms with Gasteiger partial charge >= 0.3 is 0 Å². The van der Waals surface area contributed by atoms with E-state index in [1.54, 1.807) is 0 Å². The fraction of sp³-hybridized carbons (Fsp3) is 0.105. The Kier molecular flexibility index (Phi) is 5.55. The van der Waals surface area contributed by atoms with E-state index >= 15 is 0 Å². The van der Waals surface area contributed by atoms with Crippen LogP contribution in [0, 0.1) is 11.6 Å². The standard InChI is InChI=1S/C19H17F2N3O4S/c1-2-29(25,26)18-6-4-12(10-24-18)27-13-8-15(22)19(23)17(9-13)28-16-7-11(20)3-5-14(16)21/h3-10H,2,22-23H2,1H3. The lowest BCUT2D eigenvalue weighted by Crippen LogP contribution is -2.05. The van der Waals surface area contributed by atoms with Crippen molar-refractivity contribution in [2.75, 3.05) is 17.2 Å². The van der Waals surface area contributed by atoms with Crippen molar-refractivity contribution in [1.82, 2.24) is 4.98 Å². The van der Waals surface area contributed by atoms with E-state index in [0.29, 0.717) is 0 Å². The molecule has 0 fully saturated rings. The number of nitrogens with two attached hydrogens (primary N) is 2. The van der Waals surface area contributed by atoms with E-state index in [-0.39, 0.29) is 45.2 Å². The molecular weight excluding hydrogens is 404 g/mol. The van der Waals surface area contributed by atoms with Crippen molar-refractivity contribution in [3.05, 3.63) is 60.3 Å². The van der Waals surface area contributed by atoms with Gasteiger partial charge in [0.05, 0.1) is 23.3 Å². The maximum Gasteiger partial charge on any atom is 0.195 e. The molecule has 3 rings (SSSR count). The number of aromatic nitrogens is 1. The summed E-state index contributed by atoms with van der Waals surface area (Å²) < 4.78 is 61.8. The summed E-state index contributed by atoms with van der Waals surface area (Å²) in [5, 5.41) is -0.0743. The summed E-state index contributed by atoms with van der Waals surface area (Å²) in [7, 11) is -3.44. The summed E-state index contributed by atoms with van der Waals surface area (Å²) >= 11 is 0. The molecule has 0 saturated heterocycles. The van der Waals surface area contributed by atoms with Gasteiger partial charge in [0, 0.05) is 18.2 Å². The Morgan fingerprint density at radius 1 is 0.966 bits per heavy atom. The Balaban J connectivity index is 1.88. The van der Waals surface area contributed by atoms with E-state index in [1.807, 2.05) is 0 Å². The van der Waals surface area contributed by atoms with Gasteiger partial charge in [-0.05, 0) is 24.3 Å². The maximum absolute atomic E-state index is 13.8. The third-order valence-electron chi connectivity index (χ3n) is 3.90. The van der Waals surface area contributed by atoms with Crippen LogP contribution in [0.3, 0.4) is 0 Å². The van der Waals surface area contributed by atoms with Crippen LogP contribution in [-0.2, 0) is 9.84 Å². The van der Waals surface area contributed by atoms with E-state index in [2.05, 4.69) is 4.98 Å². The third kappa shape index (κ3) is 4.54. The van der Waals surface area contributed by atoms with Gasteiger partial charge in [-0.3, -0.25) is 0 Å². The van der Waals surface area contributed by atoms with E-state index in [4.69, 9.17) is 20.9 Å². The number of nitrogens with zero attached hydrogens (tertiary/aromatic N) is 1. The molecule has 0 bridgehead atoms. The van der Waals surface area contributed by atoms with Gasteiger partial charge in [0.2, 0.25) is 0 Å². The SMILES string of the molecule is CCS(=O)(=O)c1ccc(Oc2cc(N)c(N)c(Oc3cc(F)ccc3F)c2)cn1. The van der Waals surface area contributed by atoms with Crippen molar-refractivity contribution in [3.8, 4) is 23.0 Å². The van der Waals surface area contributed by atoms with E-state index < -0.39 is 21.5 Å². The molecule has 4 N–H and O–H groups in total. The molecule has 0 unspecified atom stereocenters. The van der Waals surface area contributed by atoms with E-state index in [1.165, 1.54) is 37.4 Å². The lowest BCUT2D eigenvalue weighted by molar-refractivity contribution is 0.431. The number of rotatable bonds is 6. The van der Waals surface area contributed by atoms with Gasteiger partial charge in [0.1, 0.15) is 17.3 Å². The van der Waals surface area contributed by atoms with Crippen molar-refractivity contribution in [1.29, 1.82) is 0 Å². The Hall–Kier alpha value is -3.40. The zero-order chi connectivity index (χ0) is 21.2. The quantitative estimate of drug-likeness (QED) is 0.580. The molecule has 29 heavy (non-hydrogen) atoms. The average molecular weight is 421 g/mol. The predicted molar refractivity (Wildman–Crippen MR) is 104 cm³/mol. The van der Waals surface area contributed by atoms with Crippen molar-refractivity contribution in [2.24, 2.45) is 0 Å². The second-order valence-corrected chi connectivity index (χ2v) is 8.16. The highest BCUT2D eigenvalue weighted by molar-refractivity contribution is 7.91. The fourth-order valence-electron chi connectivity index (χ4n) is 2.33. The number of hydrogen-bond donors (Lipinski definition) is 2. The monoisotopic (exact) mass is 421 g/mol. The number of hydrogen-bond acceptors (Lipinski definition) is 7. The first-order valence-electron chi connectivity index (χ1n) is 8.38. The van der Waals surface area contributed by atoms with Crippen LogP contribution in [0.15, 0.2) is 53.7 Å². The number of ether oxygens (including phenoxy) is 2. The molecule has 0 radical (unpaired) electrons. The summed E-state index contributed by atoms with van der Waals surface area (Å²) in [5.41, 5.74) is 11.8. The van der Waals surface area contributed by atoms with Crippen molar-refractivity contribution in [3.63, 3.8) is 0 Å². The minimum Gasteiger partial charge on any atom is -0.456 e. The van der Waals surface area contributed by atoms with E-state index in [9.17, 15) is 17.2 Å². The molecule has 0 aliphatic heterocycles. The van der Waals surface area contributed by atoms with Gasteiger partial charge in [-0.15, -0.1) is 0 Å². The molecule has 0 aliphatic carbocycles. The minimum absolute atomic E-state index is 0.0172. The van der Waals surface area contributed by atoms with Crippen molar-refractivity contribution < 1.29 is 26.7 Å². The normalized spacial score (nSPS) is 11.3. The van der Waals surface area contributed by atoms with Crippen LogP contribution < -0.4 is 20.9 Å². The van der Waals surface area contributed by atoms with Crippen LogP contribution in [0.25, 0.3) is 0 Å². The highest BCUT2D eigenvalue weighted by atomic mass is 32.2. The lowest BCUT2D eigenvalue weighted by atomic mass is 10.2. The Morgan fingerprint density at radius 2 is 1.72 bits per heavy atom. The molecular formula is C19H17F2N3O4S. The number of nitrogen functional groups attached to an aromatic ring is 2. The maximum atomic E-state index is 13.8. The number of anilines is 2. The van der Waals surface area contributed by atoms with Crippen LogP contribution >= 0.6 is 0 Å². The first-order chi connectivity index (χ1) is 13.7. The smallest absolute Gasteiger partial charge is 0.195 e. The number of benzene rings is 2. The zero-order valence-electron chi connectivity index (χ0n) is 15.2. The highest BCUT2D eigenvalue weighted by Gasteiger charge is 2.15. The highest BCUT2D eigenvalue weighted by Crippen LogP contribution is 2.38. The Labute approximate surface area is 165 Å². The lowest BCUT2D eigenvalue weighted by Gasteiger charge is -2.14. The molecule has 7 nitrogen and oxygen atoms in total. The van der Waals surface area contributed by atoms with Gasteiger partial charge in [-0.1, -0.05) is 6.92 Å². The van der Waals surface area contributed by atoms with Crippen LogP contribution in [-0.4, -0.2) is 19.2 Å². The molecule has 152 valence electrons. The van der Waals surface area contributed by atoms with Crippen LogP contribution in [0.1, 0.15) is 6.92 Å². The summed E-state index contributed by atoms with van der Waals surface area (Å²) in [5.74, 6) is -1.55. The molecule has 0 aliphatic rings. The molecule has 1 heterocycles. The third-order valence-corrected chi connectivity index (χ3v) is 5.54. The molecule has 0 saturated carbocycles. The van der Waals surface area contributed by atoms with Gasteiger partial charge in [0.15, 0.2) is 32.2 Å². The topological polar surface area (TPSA) is 118 Å². The largest absolute Gasteiger partial charge is 0.456 e. The summed E-state index contributed by atoms with van der Waals surface area (Å²) in [6.07, 6.45) is 1.24. The molecule has 1 aromatic heterocycles. The van der Waals surface area contributed by atoms with Gasteiger partial charge < -0.3 is 20.9 Å². The summed E-state index contributed by atoms with van der Waals surface area (Å²) in [6.45, 7) is 1.52. The minimum atomic E-state index is -3.44. The van der Waals surface area contributed by atoms with Crippen molar-refractivity contribution >= 4 is 21.2 Å². The molecule has 3 aromatic rings. The number of pyridine rings is 1. The number of halogens is 2. The molecule has 10 heteroatoms. The van der Waals surface area contributed by atoms with E-state index in [0.717, 1.165) is 18.2 Å². The Morgan fingerprint density at radius 3 is 2.38 bits per heavy atom. The first kappa shape index (κ1) is 20.3. The van der Waals surface area contributed by atoms with Crippen molar-refractivity contribution in [2.45, 2.75) is 11.9 Å². The van der Waals surface area contributed by atoms with Crippen LogP contribution in [0.4, 0.5) is 20.2 Å². The molecule has 0 atom stereocenters. The molecule has 0 amide bonds. The van der Waals surface area contributed by atoms with Crippen LogP contribution in [0.5, 0.6) is 23.0 Å². The second kappa shape index (κ2) is 7.92. The van der Waals surface area contributed by atoms with Gasteiger partial charge in [-0.25, -0.2) is 22.2 Å². The summed E-state index contributed by atoms with van der Waals surface area (Å²) in [4.78, 5) is 3.88. The average Bonchev–Trinajstić information content (AvgIpc) is 2.69. The van der Waals surface area contributed by atoms with Gasteiger partial charge in [0.25, 0.3) is 0 Å². The van der Waals surface area contributed by atoms with Gasteiger partial charge in [-0.2, -0.15) is 0 Å². The Bertz CT molecular complexity index is 1150. The fourth-order valence-corrected chi connectivity index (χ4v) is 3.12. The summed E-state index contributed by atoms with van der Waals surface area (Å²) in [6, 6.07) is 8.23. The second-order valence-electron chi connectivity index (χ2n) is 5.94. The molecule has 0 spiro atoms. The van der Waals surface area contributed by atoms with Crippen LogP contribution in [0.2, 0.25) is 0 Å². The number of sulfone groups is 1. The zero-order valence-corrected chi connectivity index (χ0v) is 16.0.